The van der Waals surface area contributed by atoms with Crippen molar-refractivity contribution in [3.63, 3.8) is 0 Å². The van der Waals surface area contributed by atoms with Crippen molar-refractivity contribution in [1.82, 2.24) is 15.1 Å². The summed E-state index contributed by atoms with van der Waals surface area (Å²) in [5.74, 6) is 0.150. The Balaban J connectivity index is 1.47. The summed E-state index contributed by atoms with van der Waals surface area (Å²) in [5, 5.41) is 14.7. The molecule has 3 heterocycles. The highest BCUT2D eigenvalue weighted by molar-refractivity contribution is 7.09. The molecule has 5 nitrogen and oxygen atoms in total. The summed E-state index contributed by atoms with van der Waals surface area (Å²) in [6.45, 7) is 4.96. The molecule has 1 amide bonds. The van der Waals surface area contributed by atoms with Crippen LogP contribution in [-0.2, 0) is 11.3 Å². The lowest BCUT2D eigenvalue weighted by Crippen LogP contribution is -2.52. The Kier molecular flexibility index (Phi) is 4.35. The van der Waals surface area contributed by atoms with Gasteiger partial charge in [0.2, 0.25) is 5.91 Å². The van der Waals surface area contributed by atoms with Crippen molar-refractivity contribution < 1.29 is 9.90 Å². The Morgan fingerprint density at radius 3 is 2.80 bits per heavy atom. The average molecular weight is 295 g/mol. The third-order valence-corrected chi connectivity index (χ3v) is 4.91. The van der Waals surface area contributed by atoms with Gasteiger partial charge >= 0.3 is 0 Å². The lowest BCUT2D eigenvalue weighted by molar-refractivity contribution is -0.135. The topological polar surface area (TPSA) is 55.8 Å². The predicted molar refractivity (Wildman–Crippen MR) is 78.6 cm³/mol. The summed E-state index contributed by atoms with van der Waals surface area (Å²) < 4.78 is 0. The highest BCUT2D eigenvalue weighted by Gasteiger charge is 2.32. The van der Waals surface area contributed by atoms with Crippen LogP contribution in [0.2, 0.25) is 0 Å². The lowest BCUT2D eigenvalue weighted by atomic mass is 10.1. The van der Waals surface area contributed by atoms with Crippen LogP contribution in [0.5, 0.6) is 0 Å². The molecule has 2 N–H and O–H groups in total. The smallest absolute Gasteiger partial charge is 0.239 e. The zero-order valence-corrected chi connectivity index (χ0v) is 12.3. The number of hydrogen-bond acceptors (Lipinski definition) is 5. The molecule has 2 saturated heterocycles. The van der Waals surface area contributed by atoms with E-state index in [9.17, 15) is 9.90 Å². The lowest BCUT2D eigenvalue weighted by Gasteiger charge is -2.35. The summed E-state index contributed by atoms with van der Waals surface area (Å²) >= 11 is 1.78. The minimum atomic E-state index is -0.371. The number of aliphatic hydroxyl groups is 1. The number of β-amino-alcohol motifs (C(OH)–C–C–N with tert-alkyl or cyclic N) is 1. The number of thiophene rings is 1. The van der Waals surface area contributed by atoms with Gasteiger partial charge in [-0.25, -0.2) is 0 Å². The monoisotopic (exact) mass is 295 g/mol. The molecule has 1 aromatic rings. The molecule has 2 aliphatic rings. The zero-order valence-electron chi connectivity index (χ0n) is 11.5. The van der Waals surface area contributed by atoms with Gasteiger partial charge in [-0.1, -0.05) is 6.07 Å². The van der Waals surface area contributed by atoms with Gasteiger partial charge in [0.05, 0.1) is 12.1 Å². The maximum Gasteiger partial charge on any atom is 0.239 e. The third kappa shape index (κ3) is 3.20. The van der Waals surface area contributed by atoms with Crippen molar-refractivity contribution in [1.29, 1.82) is 0 Å². The van der Waals surface area contributed by atoms with Gasteiger partial charge in [0, 0.05) is 44.1 Å². The standard InChI is InChI=1S/C14H21N3O2S/c18-11-8-13(15-9-11)14(19)17-5-3-16(4-6-17)10-12-2-1-7-20-12/h1-2,7,11,13,15,18H,3-6,8-10H2/t11-,13+/m0/s1. The molecule has 6 heteroatoms. The first-order chi connectivity index (χ1) is 9.72. The minimum Gasteiger partial charge on any atom is -0.392 e. The molecule has 0 radical (unpaired) electrons. The highest BCUT2D eigenvalue weighted by Crippen LogP contribution is 2.15. The second-order valence-electron chi connectivity index (χ2n) is 5.53. The van der Waals surface area contributed by atoms with Crippen LogP contribution in [0.3, 0.4) is 0 Å². The zero-order chi connectivity index (χ0) is 13.9. The van der Waals surface area contributed by atoms with Crippen molar-refractivity contribution in [2.75, 3.05) is 32.7 Å². The van der Waals surface area contributed by atoms with Gasteiger partial charge in [0.25, 0.3) is 0 Å². The van der Waals surface area contributed by atoms with Crippen molar-refractivity contribution in [3.05, 3.63) is 22.4 Å². The normalized spacial score (nSPS) is 27.9. The summed E-state index contributed by atoms with van der Waals surface area (Å²) in [4.78, 5) is 18.0. The Labute approximate surface area is 123 Å². The van der Waals surface area contributed by atoms with Gasteiger partial charge < -0.3 is 15.3 Å². The largest absolute Gasteiger partial charge is 0.392 e. The van der Waals surface area contributed by atoms with E-state index in [1.807, 2.05) is 4.90 Å². The average Bonchev–Trinajstić information content (AvgIpc) is 3.10. The van der Waals surface area contributed by atoms with E-state index in [0.29, 0.717) is 13.0 Å². The number of carbonyl (C=O) groups is 1. The fraction of sp³-hybridized carbons (Fsp3) is 0.643. The van der Waals surface area contributed by atoms with E-state index < -0.39 is 0 Å². The van der Waals surface area contributed by atoms with Crippen LogP contribution in [0.4, 0.5) is 0 Å². The number of nitrogens with one attached hydrogen (secondary N) is 1. The number of nitrogens with zero attached hydrogens (tertiary/aromatic N) is 2. The molecule has 3 rings (SSSR count). The van der Waals surface area contributed by atoms with Crippen LogP contribution in [0, 0.1) is 0 Å². The molecule has 0 bridgehead atoms. The van der Waals surface area contributed by atoms with Crippen LogP contribution in [0.15, 0.2) is 17.5 Å². The molecular weight excluding hydrogens is 274 g/mol. The summed E-state index contributed by atoms with van der Waals surface area (Å²) in [6, 6.07) is 4.05. The molecule has 0 aliphatic carbocycles. The van der Waals surface area contributed by atoms with Crippen LogP contribution >= 0.6 is 11.3 Å². The molecule has 0 saturated carbocycles. The first-order valence-electron chi connectivity index (χ1n) is 7.17. The number of amides is 1. The molecule has 2 atom stereocenters. The van der Waals surface area contributed by atoms with Gasteiger partial charge in [-0.3, -0.25) is 9.69 Å². The van der Waals surface area contributed by atoms with E-state index in [1.54, 1.807) is 11.3 Å². The first kappa shape index (κ1) is 14.0. The van der Waals surface area contributed by atoms with E-state index in [1.165, 1.54) is 4.88 Å². The van der Waals surface area contributed by atoms with Crippen LogP contribution in [0.25, 0.3) is 0 Å². The number of aliphatic hydroxyl groups excluding tert-OH is 1. The molecule has 20 heavy (non-hydrogen) atoms. The van der Waals surface area contributed by atoms with Crippen LogP contribution in [0.1, 0.15) is 11.3 Å². The summed E-state index contributed by atoms with van der Waals surface area (Å²) in [7, 11) is 0. The van der Waals surface area contributed by atoms with Gasteiger partial charge in [-0.15, -0.1) is 11.3 Å². The predicted octanol–water partition coefficient (Wildman–Crippen LogP) is 0.115. The highest BCUT2D eigenvalue weighted by atomic mass is 32.1. The van der Waals surface area contributed by atoms with Crippen LogP contribution in [-0.4, -0.2) is 65.7 Å². The van der Waals surface area contributed by atoms with Gasteiger partial charge in [-0.05, 0) is 17.9 Å². The van der Waals surface area contributed by atoms with Crippen molar-refractivity contribution >= 4 is 17.2 Å². The quantitative estimate of drug-likeness (QED) is 0.831. The molecule has 110 valence electrons. The first-order valence-corrected chi connectivity index (χ1v) is 8.05. The molecular formula is C14H21N3O2S. The van der Waals surface area contributed by atoms with Gasteiger partial charge in [-0.2, -0.15) is 0 Å². The van der Waals surface area contributed by atoms with E-state index in [-0.39, 0.29) is 18.1 Å². The van der Waals surface area contributed by atoms with E-state index in [4.69, 9.17) is 0 Å². The van der Waals surface area contributed by atoms with E-state index in [0.717, 1.165) is 32.7 Å². The molecule has 0 spiro atoms. The van der Waals surface area contributed by atoms with Gasteiger partial charge in [0.15, 0.2) is 0 Å². The number of piperazine rings is 1. The van der Waals surface area contributed by atoms with E-state index >= 15 is 0 Å². The van der Waals surface area contributed by atoms with Crippen LogP contribution < -0.4 is 5.32 Å². The maximum atomic E-state index is 12.3. The summed E-state index contributed by atoms with van der Waals surface area (Å²) in [6.07, 6.45) is 0.179. The second kappa shape index (κ2) is 6.22. The minimum absolute atomic E-state index is 0.150. The molecule has 1 aromatic heterocycles. The summed E-state index contributed by atoms with van der Waals surface area (Å²) in [5.41, 5.74) is 0. The number of rotatable bonds is 3. The fourth-order valence-corrected chi connectivity index (χ4v) is 3.62. The van der Waals surface area contributed by atoms with Crippen molar-refractivity contribution in [2.24, 2.45) is 0 Å². The SMILES string of the molecule is O=C([C@H]1C[C@H](O)CN1)N1CCN(Cc2cccs2)CC1. The molecule has 2 aliphatic heterocycles. The number of carbonyl (C=O) groups excluding carboxylic acids is 1. The second-order valence-corrected chi connectivity index (χ2v) is 6.56. The molecule has 0 aromatic carbocycles. The Morgan fingerprint density at radius 1 is 1.40 bits per heavy atom. The van der Waals surface area contributed by atoms with E-state index in [2.05, 4.69) is 27.7 Å². The van der Waals surface area contributed by atoms with Gasteiger partial charge in [0.1, 0.15) is 0 Å². The third-order valence-electron chi connectivity index (χ3n) is 4.05. The fourth-order valence-electron chi connectivity index (χ4n) is 2.87. The Hall–Kier alpha value is -0.950. The Morgan fingerprint density at radius 2 is 2.20 bits per heavy atom. The maximum absolute atomic E-state index is 12.3. The van der Waals surface area contributed by atoms with Crippen molar-refractivity contribution in [3.8, 4) is 0 Å². The number of hydrogen-bond donors (Lipinski definition) is 2. The molecule has 0 unspecified atom stereocenters. The molecule has 2 fully saturated rings. The van der Waals surface area contributed by atoms with Crippen molar-refractivity contribution in [2.45, 2.75) is 25.1 Å². The Bertz CT molecular complexity index is 443.